The first-order chi connectivity index (χ1) is 16.5. The summed E-state index contributed by atoms with van der Waals surface area (Å²) in [5.41, 5.74) is 2.89. The summed E-state index contributed by atoms with van der Waals surface area (Å²) in [4.78, 5) is 0. The van der Waals surface area contributed by atoms with E-state index in [0.717, 1.165) is 31.8 Å². The number of hydrogen-bond donors (Lipinski definition) is 1. The molecule has 0 aromatic rings. The number of hydrazone groups is 1. The largest absolute Gasteiger partial charge is 0.325 e. The van der Waals surface area contributed by atoms with Gasteiger partial charge in [0.05, 0.1) is 26.4 Å². The zero-order valence-electron chi connectivity index (χ0n) is 23.1. The molecule has 0 amide bonds. The van der Waals surface area contributed by atoms with Crippen LogP contribution in [0, 0.1) is 11.8 Å². The first-order valence-electron chi connectivity index (χ1n) is 13.6. The summed E-state index contributed by atoms with van der Waals surface area (Å²) in [5.74, 6) is 0.885. The van der Waals surface area contributed by atoms with Crippen molar-refractivity contribution in [1.29, 1.82) is 0 Å². The van der Waals surface area contributed by atoms with Crippen LogP contribution in [0.1, 0.15) is 85.0 Å². The SMILES string of the molecule is C=CC=C(CCCC)CCC(CC)CCCN1C=C(C[N+](C)(C)CCCS(=O)(=O)O)C(CC)C=N1. The molecule has 1 rings (SSSR count). The quantitative estimate of drug-likeness (QED) is 0.123. The fourth-order valence-corrected chi connectivity index (χ4v) is 5.32. The van der Waals surface area contributed by atoms with E-state index in [1.165, 1.54) is 56.1 Å². The summed E-state index contributed by atoms with van der Waals surface area (Å²) in [6.45, 7) is 13.1. The fourth-order valence-electron chi connectivity index (χ4n) is 4.82. The van der Waals surface area contributed by atoms with E-state index in [4.69, 9.17) is 9.65 Å². The highest BCUT2D eigenvalue weighted by molar-refractivity contribution is 7.85. The molecule has 2 unspecified atom stereocenters. The van der Waals surface area contributed by atoms with Crippen molar-refractivity contribution >= 4 is 16.3 Å². The molecule has 0 spiro atoms. The lowest BCUT2D eigenvalue weighted by atomic mass is 9.91. The lowest BCUT2D eigenvalue weighted by Crippen LogP contribution is -2.44. The van der Waals surface area contributed by atoms with E-state index >= 15 is 0 Å². The van der Waals surface area contributed by atoms with Gasteiger partial charge in [0.25, 0.3) is 10.1 Å². The van der Waals surface area contributed by atoms with Crippen LogP contribution in [0.5, 0.6) is 0 Å². The minimum absolute atomic E-state index is 0.180. The Bertz CT molecular complexity index is 815. The summed E-state index contributed by atoms with van der Waals surface area (Å²) in [7, 11) is 0.339. The van der Waals surface area contributed by atoms with Gasteiger partial charge in [-0.2, -0.15) is 13.5 Å². The maximum atomic E-state index is 11.1. The van der Waals surface area contributed by atoms with Gasteiger partial charge in [0.1, 0.15) is 6.54 Å². The highest BCUT2D eigenvalue weighted by atomic mass is 32.2. The Kier molecular flexibility index (Phi) is 14.7. The molecule has 0 fully saturated rings. The van der Waals surface area contributed by atoms with E-state index in [2.05, 4.69) is 64.9 Å². The van der Waals surface area contributed by atoms with Crippen LogP contribution in [0.25, 0.3) is 0 Å². The molecule has 35 heavy (non-hydrogen) atoms. The Balaban J connectivity index is 2.61. The molecule has 0 aliphatic carbocycles. The number of quaternary nitrogens is 1. The zero-order chi connectivity index (χ0) is 26.3. The predicted molar refractivity (Wildman–Crippen MR) is 150 cm³/mol. The molecule has 0 saturated heterocycles. The molecule has 0 bridgehead atoms. The van der Waals surface area contributed by atoms with Crippen molar-refractivity contribution in [1.82, 2.24) is 5.01 Å². The van der Waals surface area contributed by atoms with Crippen LogP contribution in [0.3, 0.4) is 0 Å². The number of rotatable bonds is 19. The molecule has 2 atom stereocenters. The summed E-state index contributed by atoms with van der Waals surface area (Å²) in [5, 5.41) is 6.80. The van der Waals surface area contributed by atoms with Gasteiger partial charge in [0.2, 0.25) is 0 Å². The lowest BCUT2D eigenvalue weighted by Gasteiger charge is -2.34. The van der Waals surface area contributed by atoms with E-state index in [1.807, 2.05) is 6.08 Å². The van der Waals surface area contributed by atoms with Crippen molar-refractivity contribution in [2.75, 3.05) is 39.5 Å². The van der Waals surface area contributed by atoms with Crippen LogP contribution in [0.2, 0.25) is 0 Å². The van der Waals surface area contributed by atoms with Crippen LogP contribution >= 0.6 is 0 Å². The molecule has 0 aromatic heterocycles. The average molecular weight is 511 g/mol. The summed E-state index contributed by atoms with van der Waals surface area (Å²) >= 11 is 0. The Hall–Kier alpha value is -1.44. The maximum absolute atomic E-state index is 11.1. The average Bonchev–Trinajstić information content (AvgIpc) is 2.78. The van der Waals surface area contributed by atoms with Crippen LogP contribution in [0.15, 0.2) is 41.2 Å². The van der Waals surface area contributed by atoms with E-state index in [9.17, 15) is 8.42 Å². The van der Waals surface area contributed by atoms with Crippen molar-refractivity contribution in [2.24, 2.45) is 16.9 Å². The summed E-state index contributed by atoms with van der Waals surface area (Å²) < 4.78 is 31.9. The van der Waals surface area contributed by atoms with Gasteiger partial charge in [0, 0.05) is 36.9 Å². The Morgan fingerprint density at radius 3 is 2.54 bits per heavy atom. The normalized spacial score (nSPS) is 18.0. The van der Waals surface area contributed by atoms with Gasteiger partial charge in [-0.25, -0.2) is 0 Å². The third-order valence-corrected chi connectivity index (χ3v) is 7.86. The molecule has 7 heteroatoms. The van der Waals surface area contributed by atoms with Gasteiger partial charge in [-0.1, -0.05) is 57.9 Å². The van der Waals surface area contributed by atoms with Crippen LogP contribution in [-0.4, -0.2) is 68.2 Å². The van der Waals surface area contributed by atoms with Crippen LogP contribution in [0.4, 0.5) is 0 Å². The molecule has 1 aliphatic heterocycles. The highest BCUT2D eigenvalue weighted by Gasteiger charge is 2.25. The van der Waals surface area contributed by atoms with Crippen molar-refractivity contribution < 1.29 is 17.5 Å². The molecule has 0 aromatic carbocycles. The molecule has 0 saturated carbocycles. The van der Waals surface area contributed by atoms with Gasteiger partial charge < -0.3 is 4.48 Å². The van der Waals surface area contributed by atoms with Crippen LogP contribution in [-0.2, 0) is 10.1 Å². The molecule has 1 aliphatic rings. The van der Waals surface area contributed by atoms with Gasteiger partial charge in [0.15, 0.2) is 0 Å². The Morgan fingerprint density at radius 2 is 1.94 bits per heavy atom. The molecule has 1 N–H and O–H groups in total. The first kappa shape index (κ1) is 31.6. The number of allylic oxidation sites excluding steroid dienone is 3. The molecule has 202 valence electrons. The monoisotopic (exact) mass is 510 g/mol. The molecule has 1 heterocycles. The van der Waals surface area contributed by atoms with Gasteiger partial charge >= 0.3 is 0 Å². The van der Waals surface area contributed by atoms with E-state index in [1.54, 1.807) is 0 Å². The van der Waals surface area contributed by atoms with E-state index in [0.29, 0.717) is 23.4 Å². The Labute approximate surface area is 216 Å². The molecule has 0 radical (unpaired) electrons. The van der Waals surface area contributed by atoms with Crippen molar-refractivity contribution in [2.45, 2.75) is 85.0 Å². The zero-order valence-corrected chi connectivity index (χ0v) is 23.9. The minimum Gasteiger partial charge on any atom is -0.325 e. The number of likely N-dealkylation sites (N-methyl/N-ethyl adjacent to an activating group) is 1. The van der Waals surface area contributed by atoms with Crippen LogP contribution < -0.4 is 0 Å². The molecule has 6 nitrogen and oxygen atoms in total. The smallest absolute Gasteiger partial charge is 0.265 e. The third kappa shape index (κ3) is 14.0. The maximum Gasteiger partial charge on any atom is 0.265 e. The summed E-state index contributed by atoms with van der Waals surface area (Å²) in [6, 6.07) is 0. The second-order valence-electron chi connectivity index (χ2n) is 10.7. The van der Waals surface area contributed by atoms with E-state index in [-0.39, 0.29) is 5.75 Å². The third-order valence-electron chi connectivity index (χ3n) is 7.06. The second kappa shape index (κ2) is 16.3. The number of unbranched alkanes of at least 4 members (excludes halogenated alkanes) is 1. The van der Waals surface area contributed by atoms with E-state index < -0.39 is 10.1 Å². The fraction of sp³-hybridized carbons (Fsp3) is 0.750. The van der Waals surface area contributed by atoms with Gasteiger partial charge in [-0.3, -0.25) is 9.56 Å². The lowest BCUT2D eigenvalue weighted by molar-refractivity contribution is -0.885. The number of nitrogens with zero attached hydrogens (tertiary/aromatic N) is 3. The van der Waals surface area contributed by atoms with Crippen molar-refractivity contribution in [3.05, 3.63) is 36.1 Å². The standard InChI is InChI=1S/C28H51N3O3S/c1-7-11-15-26(14-8-2)18-17-25(9-3)16-12-19-30-23-28(27(10-4)22-29-30)24-31(5,6)20-13-21-35(32,33)34/h8,14,22-23,25,27H,2,7,9-13,15-21,24H2,1,3-6H3/p+1. The number of hydrogen-bond acceptors (Lipinski definition) is 4. The Morgan fingerprint density at radius 1 is 1.20 bits per heavy atom. The molecular weight excluding hydrogens is 458 g/mol. The van der Waals surface area contributed by atoms with Gasteiger partial charge in [-0.15, -0.1) is 0 Å². The minimum atomic E-state index is -3.90. The summed E-state index contributed by atoms with van der Waals surface area (Å²) in [6.07, 6.45) is 19.6. The van der Waals surface area contributed by atoms with Crippen molar-refractivity contribution in [3.63, 3.8) is 0 Å². The molecular formula is C28H52N3O3S+. The van der Waals surface area contributed by atoms with Gasteiger partial charge in [-0.05, 0) is 50.9 Å². The highest BCUT2D eigenvalue weighted by Crippen LogP contribution is 2.25. The second-order valence-corrected chi connectivity index (χ2v) is 12.3. The predicted octanol–water partition coefficient (Wildman–Crippen LogP) is 6.44. The van der Waals surface area contributed by atoms with Crippen molar-refractivity contribution in [3.8, 4) is 0 Å². The topological polar surface area (TPSA) is 70.0 Å². The first-order valence-corrected chi connectivity index (χ1v) is 15.2.